The first kappa shape index (κ1) is 42.4. The third-order valence-electron chi connectivity index (χ3n) is 8.18. The van der Waals surface area contributed by atoms with Gasteiger partial charge in [-0.1, -0.05) is 96.0 Å². The lowest BCUT2D eigenvalue weighted by Crippen LogP contribution is -2.39. The molecule has 0 fully saturated rings. The van der Waals surface area contributed by atoms with Crippen LogP contribution in [0.4, 0.5) is 23.3 Å². The first-order valence-corrected chi connectivity index (χ1v) is 19.7. The summed E-state index contributed by atoms with van der Waals surface area (Å²) in [5.74, 6) is 0.640. The van der Waals surface area contributed by atoms with Crippen molar-refractivity contribution in [3.8, 4) is 22.3 Å². The normalized spacial score (nSPS) is 10.9. The number of rotatable bonds is 7. The molecule has 3 N–H and O–H groups in total. The third-order valence-corrected chi connectivity index (χ3v) is 8.83. The second kappa shape index (κ2) is 19.0. The van der Waals surface area contributed by atoms with Crippen LogP contribution < -0.4 is 26.6 Å². The topological polar surface area (TPSA) is 149 Å². The summed E-state index contributed by atoms with van der Waals surface area (Å²) in [5, 5.41) is 18.8. The summed E-state index contributed by atoms with van der Waals surface area (Å²) in [5.41, 5.74) is 2.43. The van der Waals surface area contributed by atoms with Crippen molar-refractivity contribution in [2.75, 3.05) is 16.0 Å². The Morgan fingerprint density at radius 3 is 1.47 bits per heavy atom. The number of aromatic nitrogens is 6. The maximum absolute atomic E-state index is 13.4. The average molecular weight is 871 g/mol. The molecule has 300 valence electrons. The summed E-state index contributed by atoms with van der Waals surface area (Å²) in [6, 6.07) is 36.5. The Morgan fingerprint density at radius 1 is 0.610 bits per heavy atom. The van der Waals surface area contributed by atoms with Crippen molar-refractivity contribution in [2.45, 2.75) is 26.4 Å². The molecule has 8 aromatic rings. The number of para-hydroxylation sites is 2. The second-order valence-electron chi connectivity index (χ2n) is 13.5. The lowest BCUT2D eigenvalue weighted by Gasteiger charge is -2.23. The molecule has 0 aliphatic heterocycles. The van der Waals surface area contributed by atoms with Crippen molar-refractivity contribution in [2.24, 2.45) is 0 Å². The number of benzene rings is 4. The van der Waals surface area contributed by atoms with E-state index in [0.29, 0.717) is 53.8 Å². The quantitative estimate of drug-likeness (QED) is 0.104. The third kappa shape index (κ3) is 10.5. The molecule has 4 heterocycles. The van der Waals surface area contributed by atoms with Crippen molar-refractivity contribution in [1.29, 1.82) is 0 Å². The smallest absolute Gasteiger partial charge is 0.293 e. The molecule has 16 heteroatoms. The fourth-order valence-electron chi connectivity index (χ4n) is 5.68. The van der Waals surface area contributed by atoms with E-state index in [1.807, 2.05) is 93.6 Å². The first-order valence-electron chi connectivity index (χ1n) is 17.9. The van der Waals surface area contributed by atoms with E-state index in [0.717, 1.165) is 11.4 Å². The summed E-state index contributed by atoms with van der Waals surface area (Å²) in [6.07, 6.45) is 3.20. The average Bonchev–Trinajstić information content (AvgIpc) is 3.22. The Balaban J connectivity index is 0.000000188. The van der Waals surface area contributed by atoms with Crippen LogP contribution in [0.3, 0.4) is 0 Å². The molecule has 4 aromatic carbocycles. The van der Waals surface area contributed by atoms with Crippen LogP contribution in [-0.2, 0) is 0 Å². The Morgan fingerprint density at radius 2 is 1.02 bits per heavy atom. The zero-order valence-corrected chi connectivity index (χ0v) is 34.8. The molecule has 0 unspecified atom stereocenters. The molecule has 0 atom stereocenters. The summed E-state index contributed by atoms with van der Waals surface area (Å²) < 4.78 is 1.75. The van der Waals surface area contributed by atoms with E-state index < -0.39 is 11.2 Å². The van der Waals surface area contributed by atoms with Crippen LogP contribution in [0.25, 0.3) is 44.3 Å². The van der Waals surface area contributed by atoms with Gasteiger partial charge in [0.05, 0.1) is 16.5 Å². The van der Waals surface area contributed by atoms with Gasteiger partial charge in [-0.15, -0.1) is 32.7 Å². The predicted molar refractivity (Wildman–Crippen MR) is 238 cm³/mol. The van der Waals surface area contributed by atoms with E-state index in [4.69, 9.17) is 51.2 Å². The van der Waals surface area contributed by atoms with Crippen LogP contribution >= 0.6 is 46.4 Å². The number of nitrogens with one attached hydrogen (secondary N) is 2. The molecule has 0 aliphatic rings. The highest BCUT2D eigenvalue weighted by atomic mass is 35.5. The standard InChI is InChI=1S/C23H21ClN4O2.C19H13ClN4O2.CH2Cl2/c1-23(2,3)30-28-20-15(13-18(21(28)29)17-11-7-8-12-19(17)24)14-25-22(27-20)26-16-9-5-4-6-10-16;20-16-9-5-4-8-14(16)15-10-12-11-21-19(22-13-6-2-1-3-7-13)23-17(12)24(26)18(15)25;2-1-3/h4-14H,1-3H3,(H,25,26,27);1-11,26H,(H,21,22,23);1H2. The van der Waals surface area contributed by atoms with Gasteiger partial charge >= 0.3 is 0 Å². The summed E-state index contributed by atoms with van der Waals surface area (Å²) in [7, 11) is 0. The van der Waals surface area contributed by atoms with Gasteiger partial charge in [0.15, 0.2) is 11.3 Å². The lowest BCUT2D eigenvalue weighted by molar-refractivity contribution is -0.0140. The van der Waals surface area contributed by atoms with Crippen LogP contribution in [0.1, 0.15) is 20.8 Å². The molecule has 59 heavy (non-hydrogen) atoms. The van der Waals surface area contributed by atoms with E-state index in [-0.39, 0.29) is 28.1 Å². The molecule has 0 saturated heterocycles. The molecular formula is C43H36Cl4N8O4. The van der Waals surface area contributed by atoms with Gasteiger partial charge in [0.1, 0.15) is 5.60 Å². The summed E-state index contributed by atoms with van der Waals surface area (Å²) >= 11 is 22.1. The lowest BCUT2D eigenvalue weighted by atomic mass is 10.1. The van der Waals surface area contributed by atoms with Gasteiger partial charge in [-0.05, 0) is 69.3 Å². The number of halogens is 4. The summed E-state index contributed by atoms with van der Waals surface area (Å²) in [4.78, 5) is 49.4. The van der Waals surface area contributed by atoms with Gasteiger partial charge in [-0.2, -0.15) is 9.97 Å². The Hall–Kier alpha value is -6.18. The minimum Gasteiger partial charge on any atom is -0.423 e. The second-order valence-corrected chi connectivity index (χ2v) is 15.1. The minimum absolute atomic E-state index is 0.110. The van der Waals surface area contributed by atoms with E-state index >= 15 is 0 Å². The molecular weight excluding hydrogens is 834 g/mol. The van der Waals surface area contributed by atoms with E-state index in [1.165, 1.54) is 4.73 Å². The highest BCUT2D eigenvalue weighted by Crippen LogP contribution is 2.29. The number of fused-ring (bicyclic) bond motifs is 2. The minimum atomic E-state index is -0.617. The number of alkyl halides is 2. The monoisotopic (exact) mass is 868 g/mol. The molecule has 0 radical (unpaired) electrons. The molecule has 0 bridgehead atoms. The Kier molecular flexibility index (Phi) is 13.7. The van der Waals surface area contributed by atoms with E-state index in [1.54, 1.807) is 60.9 Å². The van der Waals surface area contributed by atoms with Crippen LogP contribution in [0.5, 0.6) is 0 Å². The Labute approximate surface area is 358 Å². The largest absolute Gasteiger partial charge is 0.423 e. The van der Waals surface area contributed by atoms with Crippen LogP contribution in [0.2, 0.25) is 10.0 Å². The number of anilines is 4. The van der Waals surface area contributed by atoms with Gasteiger partial charge in [-0.3, -0.25) is 9.59 Å². The zero-order chi connectivity index (χ0) is 42.1. The van der Waals surface area contributed by atoms with Crippen LogP contribution in [-0.4, -0.2) is 45.5 Å². The molecule has 4 aromatic heterocycles. The van der Waals surface area contributed by atoms with E-state index in [2.05, 4.69) is 30.6 Å². The molecule has 0 amide bonds. The van der Waals surface area contributed by atoms with Crippen molar-refractivity contribution in [3.63, 3.8) is 0 Å². The van der Waals surface area contributed by atoms with Crippen molar-refractivity contribution < 1.29 is 10.0 Å². The number of nitrogens with zero attached hydrogens (tertiary/aromatic N) is 6. The highest BCUT2D eigenvalue weighted by Gasteiger charge is 2.21. The summed E-state index contributed by atoms with van der Waals surface area (Å²) in [6.45, 7) is 5.62. The van der Waals surface area contributed by atoms with E-state index in [9.17, 15) is 14.8 Å². The highest BCUT2D eigenvalue weighted by molar-refractivity contribution is 6.40. The maximum atomic E-state index is 13.4. The Bertz CT molecular complexity index is 2840. The van der Waals surface area contributed by atoms with Gasteiger partial charge in [0.2, 0.25) is 11.9 Å². The van der Waals surface area contributed by atoms with Gasteiger partial charge in [-0.25, -0.2) is 9.97 Å². The predicted octanol–water partition coefficient (Wildman–Crippen LogP) is 10.6. The maximum Gasteiger partial charge on any atom is 0.293 e. The number of hydrogen-bond acceptors (Lipinski definition) is 10. The molecule has 0 saturated carbocycles. The number of pyridine rings is 2. The van der Waals surface area contributed by atoms with Crippen molar-refractivity contribution in [1.82, 2.24) is 29.4 Å². The molecule has 12 nitrogen and oxygen atoms in total. The SMILES string of the molecule is CC(C)(C)On1c(=O)c(-c2ccccc2Cl)cc2cnc(Nc3ccccc3)nc21.ClCCl.O=c1c(-c2ccccc2Cl)cc2cnc(Nc3ccccc3)nc2n1O. The fourth-order valence-corrected chi connectivity index (χ4v) is 6.15. The fraction of sp³-hybridized carbons (Fsp3) is 0.116. The zero-order valence-electron chi connectivity index (χ0n) is 31.8. The van der Waals surface area contributed by atoms with Gasteiger partial charge < -0.3 is 20.7 Å². The molecule has 0 aliphatic carbocycles. The van der Waals surface area contributed by atoms with Gasteiger partial charge in [0.25, 0.3) is 11.1 Å². The molecule has 0 spiro atoms. The van der Waals surface area contributed by atoms with Gasteiger partial charge in [0, 0.05) is 55.7 Å². The van der Waals surface area contributed by atoms with Crippen LogP contribution in [0, 0.1) is 0 Å². The van der Waals surface area contributed by atoms with Crippen molar-refractivity contribution in [3.05, 3.63) is 164 Å². The van der Waals surface area contributed by atoms with Crippen molar-refractivity contribution >= 4 is 91.7 Å². The first-order chi connectivity index (χ1) is 28.4. The molecule has 8 rings (SSSR count). The van der Waals surface area contributed by atoms with Crippen LogP contribution in [0.15, 0.2) is 143 Å². The number of hydrogen-bond donors (Lipinski definition) is 3.